The van der Waals surface area contributed by atoms with Crippen LogP contribution in [0.4, 0.5) is 0 Å². The highest BCUT2D eigenvalue weighted by molar-refractivity contribution is 9.10. The minimum Gasteiger partial charge on any atom is -0.471 e. The molecule has 4 rings (SSSR count). The molecule has 0 atom stereocenters. The largest absolute Gasteiger partial charge is 0.471 e. The number of aryl methyl sites for hydroxylation is 2. The van der Waals surface area contributed by atoms with Gasteiger partial charge in [-0.3, -0.25) is 9.20 Å². The van der Waals surface area contributed by atoms with Crippen LogP contribution < -0.4 is 10.3 Å². The third-order valence-corrected chi connectivity index (χ3v) is 5.55. The van der Waals surface area contributed by atoms with Gasteiger partial charge in [-0.2, -0.15) is 0 Å². The van der Waals surface area contributed by atoms with Crippen LogP contribution in [0.25, 0.3) is 15.9 Å². The molecule has 126 valence electrons. The number of ether oxygens (including phenoxy) is 1. The lowest BCUT2D eigenvalue weighted by atomic mass is 10.2. The first kappa shape index (κ1) is 16.2. The Morgan fingerprint density at radius 3 is 2.96 bits per heavy atom. The van der Waals surface area contributed by atoms with E-state index in [4.69, 9.17) is 4.74 Å². The molecule has 4 aromatic heterocycles. The number of aromatic nitrogens is 4. The number of nitrogens with zero attached hydrogens (tertiary/aromatic N) is 4. The summed E-state index contributed by atoms with van der Waals surface area (Å²) in [4.78, 5) is 27.4. The van der Waals surface area contributed by atoms with Crippen molar-refractivity contribution in [1.29, 1.82) is 0 Å². The van der Waals surface area contributed by atoms with Crippen molar-refractivity contribution >= 4 is 43.1 Å². The van der Waals surface area contributed by atoms with Crippen LogP contribution in [0, 0.1) is 13.8 Å². The summed E-state index contributed by atoms with van der Waals surface area (Å²) in [5, 5.41) is 0.923. The normalized spacial score (nSPS) is 11.3. The third kappa shape index (κ3) is 2.91. The van der Waals surface area contributed by atoms with E-state index in [-0.39, 0.29) is 12.2 Å². The lowest BCUT2D eigenvalue weighted by molar-refractivity contribution is 0.293. The molecule has 6 nitrogen and oxygen atoms in total. The molecule has 0 spiro atoms. The zero-order chi connectivity index (χ0) is 17.6. The van der Waals surface area contributed by atoms with Gasteiger partial charge in [0.1, 0.15) is 23.4 Å². The average molecular weight is 417 g/mol. The molecule has 0 aliphatic rings. The summed E-state index contributed by atoms with van der Waals surface area (Å²) in [6.45, 7) is 4.25. The summed E-state index contributed by atoms with van der Waals surface area (Å²) in [5.74, 6) is 0.518. The molecule has 0 saturated heterocycles. The first-order valence-electron chi connectivity index (χ1n) is 7.54. The summed E-state index contributed by atoms with van der Waals surface area (Å²) < 4.78 is 8.17. The number of thiophene rings is 1. The van der Waals surface area contributed by atoms with E-state index in [1.807, 2.05) is 13.0 Å². The lowest BCUT2D eigenvalue weighted by Crippen LogP contribution is -2.16. The van der Waals surface area contributed by atoms with Crippen LogP contribution in [-0.2, 0) is 6.61 Å². The quantitative estimate of drug-likeness (QED) is 0.509. The van der Waals surface area contributed by atoms with Gasteiger partial charge >= 0.3 is 0 Å². The topological polar surface area (TPSA) is 69.4 Å². The standard InChI is InChI=1S/C17H13BrN4O2S/c1-9-10(2)25-17-15(9)16(19-8-20-17)24-7-12-5-14(23)22-6-11(18)3-4-13(22)21-12/h3-6,8H,7H2,1-2H3. The van der Waals surface area contributed by atoms with Gasteiger partial charge in [0.2, 0.25) is 5.88 Å². The van der Waals surface area contributed by atoms with Crippen LogP contribution in [0.3, 0.4) is 0 Å². The Morgan fingerprint density at radius 2 is 2.12 bits per heavy atom. The van der Waals surface area contributed by atoms with Crippen molar-refractivity contribution in [3.05, 3.63) is 61.7 Å². The van der Waals surface area contributed by atoms with E-state index in [1.165, 1.54) is 21.7 Å². The van der Waals surface area contributed by atoms with Crippen molar-refractivity contribution in [1.82, 2.24) is 19.4 Å². The molecule has 0 unspecified atom stereocenters. The number of hydrogen-bond donors (Lipinski definition) is 0. The van der Waals surface area contributed by atoms with Crippen LogP contribution >= 0.6 is 27.3 Å². The van der Waals surface area contributed by atoms with Gasteiger partial charge < -0.3 is 4.74 Å². The molecule has 0 N–H and O–H groups in total. The van der Waals surface area contributed by atoms with Gasteiger partial charge in [0.25, 0.3) is 5.56 Å². The molecule has 4 heterocycles. The summed E-state index contributed by atoms with van der Waals surface area (Å²) in [5.41, 5.74) is 2.10. The second-order valence-corrected chi connectivity index (χ2v) is 7.71. The molecular formula is C17H13BrN4O2S. The molecular weight excluding hydrogens is 404 g/mol. The molecule has 4 aromatic rings. The maximum Gasteiger partial charge on any atom is 0.258 e. The van der Waals surface area contributed by atoms with Crippen molar-refractivity contribution in [3.63, 3.8) is 0 Å². The molecule has 0 saturated carbocycles. The van der Waals surface area contributed by atoms with E-state index < -0.39 is 0 Å². The Labute approximate surface area is 155 Å². The summed E-state index contributed by atoms with van der Waals surface area (Å²) in [7, 11) is 0. The van der Waals surface area contributed by atoms with Crippen molar-refractivity contribution in [2.24, 2.45) is 0 Å². The van der Waals surface area contributed by atoms with Gasteiger partial charge in [-0.05, 0) is 47.5 Å². The molecule has 0 bridgehead atoms. The lowest BCUT2D eigenvalue weighted by Gasteiger charge is -2.08. The van der Waals surface area contributed by atoms with Crippen molar-refractivity contribution in [2.75, 3.05) is 0 Å². The van der Waals surface area contributed by atoms with E-state index in [0.29, 0.717) is 17.2 Å². The average Bonchev–Trinajstić information content (AvgIpc) is 2.89. The minimum absolute atomic E-state index is 0.153. The van der Waals surface area contributed by atoms with Gasteiger partial charge in [0.15, 0.2) is 0 Å². The molecule has 0 fully saturated rings. The molecule has 0 amide bonds. The highest BCUT2D eigenvalue weighted by Crippen LogP contribution is 2.33. The Kier molecular flexibility index (Phi) is 4.01. The fourth-order valence-electron chi connectivity index (χ4n) is 2.60. The molecule has 8 heteroatoms. The maximum absolute atomic E-state index is 12.3. The zero-order valence-corrected chi connectivity index (χ0v) is 15.9. The predicted octanol–water partition coefficient (Wildman–Crippen LogP) is 3.66. The van der Waals surface area contributed by atoms with E-state index >= 15 is 0 Å². The number of fused-ring (bicyclic) bond motifs is 2. The van der Waals surface area contributed by atoms with Gasteiger partial charge in [-0.1, -0.05) is 0 Å². The highest BCUT2D eigenvalue weighted by Gasteiger charge is 2.13. The van der Waals surface area contributed by atoms with Crippen LogP contribution in [0.5, 0.6) is 5.88 Å². The zero-order valence-electron chi connectivity index (χ0n) is 13.5. The molecule has 0 radical (unpaired) electrons. The van der Waals surface area contributed by atoms with E-state index in [9.17, 15) is 4.79 Å². The van der Waals surface area contributed by atoms with Gasteiger partial charge in [-0.25, -0.2) is 15.0 Å². The van der Waals surface area contributed by atoms with Crippen LogP contribution in [0.2, 0.25) is 0 Å². The van der Waals surface area contributed by atoms with E-state index in [2.05, 4.69) is 37.8 Å². The molecule has 25 heavy (non-hydrogen) atoms. The predicted molar refractivity (Wildman–Crippen MR) is 100 cm³/mol. The monoisotopic (exact) mass is 416 g/mol. The van der Waals surface area contributed by atoms with Gasteiger partial charge in [0.05, 0.1) is 11.1 Å². The second kappa shape index (κ2) is 6.20. The second-order valence-electron chi connectivity index (χ2n) is 5.59. The summed E-state index contributed by atoms with van der Waals surface area (Å²) in [6, 6.07) is 5.10. The Balaban J connectivity index is 1.69. The molecule has 0 aliphatic carbocycles. The van der Waals surface area contributed by atoms with Gasteiger partial charge in [0, 0.05) is 21.6 Å². The molecule has 0 aromatic carbocycles. The third-order valence-electron chi connectivity index (χ3n) is 3.96. The van der Waals surface area contributed by atoms with E-state index in [1.54, 1.807) is 23.6 Å². The Morgan fingerprint density at radius 1 is 1.28 bits per heavy atom. The van der Waals surface area contributed by atoms with E-state index in [0.717, 1.165) is 20.3 Å². The Bertz CT molecular complexity index is 1170. The fourth-order valence-corrected chi connectivity index (χ4v) is 3.93. The van der Waals surface area contributed by atoms with Gasteiger partial charge in [-0.15, -0.1) is 11.3 Å². The van der Waals surface area contributed by atoms with Crippen LogP contribution in [-0.4, -0.2) is 19.4 Å². The number of halogens is 1. The van der Waals surface area contributed by atoms with Crippen molar-refractivity contribution in [3.8, 4) is 5.88 Å². The first-order valence-corrected chi connectivity index (χ1v) is 9.15. The number of pyridine rings is 1. The summed E-state index contributed by atoms with van der Waals surface area (Å²) in [6.07, 6.45) is 3.19. The highest BCUT2D eigenvalue weighted by atomic mass is 79.9. The minimum atomic E-state index is -0.153. The molecule has 0 aliphatic heterocycles. The van der Waals surface area contributed by atoms with Crippen LogP contribution in [0.15, 0.2) is 40.0 Å². The fraction of sp³-hybridized carbons (Fsp3) is 0.176. The van der Waals surface area contributed by atoms with Crippen molar-refractivity contribution < 1.29 is 4.74 Å². The Hall–Kier alpha value is -2.32. The smallest absolute Gasteiger partial charge is 0.258 e. The summed E-state index contributed by atoms with van der Waals surface area (Å²) >= 11 is 4.97. The van der Waals surface area contributed by atoms with Crippen molar-refractivity contribution in [2.45, 2.75) is 20.5 Å². The number of rotatable bonds is 3. The first-order chi connectivity index (χ1) is 12.0. The number of hydrogen-bond acceptors (Lipinski definition) is 6. The SMILES string of the molecule is Cc1sc2ncnc(OCc3cc(=O)n4cc(Br)ccc4n3)c2c1C. The maximum atomic E-state index is 12.3. The van der Waals surface area contributed by atoms with Crippen LogP contribution in [0.1, 0.15) is 16.1 Å².